The third-order valence-corrected chi connectivity index (χ3v) is 2.83. The molecule has 0 bridgehead atoms. The summed E-state index contributed by atoms with van der Waals surface area (Å²) in [5.41, 5.74) is 0. The Kier molecular flexibility index (Phi) is 1.93. The fourth-order valence-electron chi connectivity index (χ4n) is 1.99. The summed E-state index contributed by atoms with van der Waals surface area (Å²) < 4.78 is 11.0. The van der Waals surface area contributed by atoms with Crippen molar-refractivity contribution in [3.63, 3.8) is 0 Å². The Labute approximate surface area is 72.0 Å². The van der Waals surface area contributed by atoms with Crippen molar-refractivity contribution in [1.82, 2.24) is 0 Å². The largest absolute Gasteiger partial charge is 0.347 e. The van der Waals surface area contributed by atoms with E-state index < -0.39 is 5.79 Å². The lowest BCUT2D eigenvalue weighted by atomic mass is 9.84. The molecule has 0 radical (unpaired) electrons. The number of hydrogen-bond donors (Lipinski definition) is 0. The fourth-order valence-corrected chi connectivity index (χ4v) is 1.99. The summed E-state index contributed by atoms with van der Waals surface area (Å²) >= 11 is 0. The zero-order chi connectivity index (χ0) is 8.60. The quantitative estimate of drug-likeness (QED) is 0.546. The van der Waals surface area contributed by atoms with E-state index in [-0.39, 0.29) is 5.78 Å². The highest BCUT2D eigenvalue weighted by Crippen LogP contribution is 2.38. The van der Waals surface area contributed by atoms with E-state index in [0.29, 0.717) is 32.0 Å². The molecule has 0 unspecified atom stereocenters. The Hall–Kier alpha value is -0.410. The highest BCUT2D eigenvalue weighted by atomic mass is 16.7. The van der Waals surface area contributed by atoms with Gasteiger partial charge in [-0.2, -0.15) is 0 Å². The molecule has 0 N–H and O–H groups in total. The fraction of sp³-hybridized carbons (Fsp3) is 0.889. The minimum absolute atomic E-state index is 0.273. The van der Waals surface area contributed by atoms with Gasteiger partial charge in [-0.1, -0.05) is 6.92 Å². The molecule has 0 aromatic rings. The van der Waals surface area contributed by atoms with Crippen LogP contribution in [-0.4, -0.2) is 24.8 Å². The second kappa shape index (κ2) is 2.82. The van der Waals surface area contributed by atoms with Gasteiger partial charge in [-0.05, 0) is 6.42 Å². The van der Waals surface area contributed by atoms with Gasteiger partial charge in [-0.3, -0.25) is 4.79 Å². The van der Waals surface area contributed by atoms with Crippen LogP contribution in [0.15, 0.2) is 0 Å². The first-order valence-electron chi connectivity index (χ1n) is 4.52. The molecule has 3 heteroatoms. The van der Waals surface area contributed by atoms with Crippen molar-refractivity contribution in [2.75, 3.05) is 13.2 Å². The van der Waals surface area contributed by atoms with Crippen LogP contribution in [0.5, 0.6) is 0 Å². The van der Waals surface area contributed by atoms with E-state index in [1.807, 2.05) is 0 Å². The summed E-state index contributed by atoms with van der Waals surface area (Å²) in [5, 5.41) is 0. The van der Waals surface area contributed by atoms with E-state index in [1.54, 1.807) is 0 Å². The number of ketones is 1. The van der Waals surface area contributed by atoms with Crippen LogP contribution in [0.1, 0.15) is 26.2 Å². The molecule has 2 rings (SSSR count). The molecule has 1 aliphatic carbocycles. The third-order valence-electron chi connectivity index (χ3n) is 2.83. The van der Waals surface area contributed by atoms with Crippen LogP contribution in [0.3, 0.4) is 0 Å². The molecule has 1 saturated carbocycles. The number of Topliss-reactive ketones (excluding diaryl/α,β-unsaturated/α-hetero) is 1. The van der Waals surface area contributed by atoms with Crippen molar-refractivity contribution in [2.45, 2.75) is 32.0 Å². The molecule has 0 aromatic carbocycles. The summed E-state index contributed by atoms with van der Waals surface area (Å²) in [7, 11) is 0. The molecule has 0 aromatic heterocycles. The van der Waals surface area contributed by atoms with Gasteiger partial charge in [0.05, 0.1) is 19.6 Å². The van der Waals surface area contributed by atoms with E-state index in [0.717, 1.165) is 6.42 Å². The molecule has 2 aliphatic rings. The minimum atomic E-state index is -0.546. The second-order valence-electron chi connectivity index (χ2n) is 3.66. The van der Waals surface area contributed by atoms with Crippen molar-refractivity contribution in [2.24, 2.45) is 5.92 Å². The van der Waals surface area contributed by atoms with Crippen LogP contribution in [0, 0.1) is 5.92 Å². The van der Waals surface area contributed by atoms with Crippen molar-refractivity contribution >= 4 is 5.78 Å². The normalized spacial score (nSPS) is 34.4. The number of rotatable bonds is 0. The Balaban J connectivity index is 2.14. The molecular weight excluding hydrogens is 156 g/mol. The highest BCUT2D eigenvalue weighted by Gasteiger charge is 2.46. The molecule has 3 nitrogen and oxygen atoms in total. The highest BCUT2D eigenvalue weighted by molar-refractivity contribution is 5.80. The first kappa shape index (κ1) is 8.20. The van der Waals surface area contributed by atoms with Gasteiger partial charge in [-0.25, -0.2) is 0 Å². The molecule has 1 aliphatic heterocycles. The van der Waals surface area contributed by atoms with E-state index >= 15 is 0 Å². The minimum Gasteiger partial charge on any atom is -0.347 e. The second-order valence-corrected chi connectivity index (χ2v) is 3.66. The summed E-state index contributed by atoms with van der Waals surface area (Å²) in [6, 6.07) is 0. The maximum absolute atomic E-state index is 11.2. The first-order valence-corrected chi connectivity index (χ1v) is 4.52. The van der Waals surface area contributed by atoms with Crippen molar-refractivity contribution in [1.29, 1.82) is 0 Å². The van der Waals surface area contributed by atoms with Gasteiger partial charge in [0, 0.05) is 12.3 Å². The van der Waals surface area contributed by atoms with Gasteiger partial charge < -0.3 is 9.47 Å². The number of carbonyl (C=O) groups excluding carboxylic acids is 1. The Morgan fingerprint density at radius 2 is 2.08 bits per heavy atom. The number of ether oxygens (including phenoxy) is 2. The van der Waals surface area contributed by atoms with Gasteiger partial charge >= 0.3 is 0 Å². The van der Waals surface area contributed by atoms with E-state index in [9.17, 15) is 4.79 Å². The summed E-state index contributed by atoms with van der Waals surface area (Å²) in [6.07, 6.45) is 2.04. The first-order chi connectivity index (χ1) is 5.73. The van der Waals surface area contributed by atoms with E-state index in [1.165, 1.54) is 0 Å². The SMILES string of the molecule is C[C@@H]1CCC(=O)CC12OCCO2. The Morgan fingerprint density at radius 1 is 1.42 bits per heavy atom. The molecule has 1 heterocycles. The predicted molar refractivity (Wildman–Crippen MR) is 42.7 cm³/mol. The number of carbonyl (C=O) groups is 1. The molecule has 0 amide bonds. The molecule has 12 heavy (non-hydrogen) atoms. The zero-order valence-corrected chi connectivity index (χ0v) is 7.34. The van der Waals surface area contributed by atoms with Crippen LogP contribution in [0.25, 0.3) is 0 Å². The average molecular weight is 170 g/mol. The van der Waals surface area contributed by atoms with Crippen LogP contribution in [0.2, 0.25) is 0 Å². The van der Waals surface area contributed by atoms with Gasteiger partial charge in [0.25, 0.3) is 0 Å². The van der Waals surface area contributed by atoms with Crippen LogP contribution >= 0.6 is 0 Å². The van der Waals surface area contributed by atoms with Crippen LogP contribution < -0.4 is 0 Å². The Bertz CT molecular complexity index is 194. The molecule has 1 spiro atoms. The average Bonchev–Trinajstić information content (AvgIpc) is 2.48. The lowest BCUT2D eigenvalue weighted by molar-refractivity contribution is -0.206. The predicted octanol–water partition coefficient (Wildman–Crippen LogP) is 1.12. The van der Waals surface area contributed by atoms with Gasteiger partial charge in [0.1, 0.15) is 5.78 Å². The molecular formula is C9H14O3. The number of hydrogen-bond acceptors (Lipinski definition) is 3. The molecule has 1 saturated heterocycles. The summed E-state index contributed by atoms with van der Waals surface area (Å²) in [6.45, 7) is 3.37. The maximum atomic E-state index is 11.2. The third kappa shape index (κ3) is 1.17. The van der Waals surface area contributed by atoms with Crippen molar-refractivity contribution < 1.29 is 14.3 Å². The Morgan fingerprint density at radius 3 is 2.75 bits per heavy atom. The molecule has 1 atom stereocenters. The summed E-state index contributed by atoms with van der Waals surface area (Å²) in [4.78, 5) is 11.2. The van der Waals surface area contributed by atoms with Gasteiger partial charge in [0.15, 0.2) is 5.79 Å². The lowest BCUT2D eigenvalue weighted by Crippen LogP contribution is -2.43. The van der Waals surface area contributed by atoms with Crippen LogP contribution in [-0.2, 0) is 14.3 Å². The molecule has 68 valence electrons. The smallest absolute Gasteiger partial charge is 0.177 e. The van der Waals surface area contributed by atoms with Gasteiger partial charge in [-0.15, -0.1) is 0 Å². The summed E-state index contributed by atoms with van der Waals surface area (Å²) in [5.74, 6) is 0.0858. The lowest BCUT2D eigenvalue weighted by Gasteiger charge is -2.36. The monoisotopic (exact) mass is 170 g/mol. The van der Waals surface area contributed by atoms with Crippen molar-refractivity contribution in [3.05, 3.63) is 0 Å². The van der Waals surface area contributed by atoms with Crippen molar-refractivity contribution in [3.8, 4) is 0 Å². The van der Waals surface area contributed by atoms with E-state index in [4.69, 9.17) is 9.47 Å². The maximum Gasteiger partial charge on any atom is 0.177 e. The zero-order valence-electron chi connectivity index (χ0n) is 7.34. The van der Waals surface area contributed by atoms with Gasteiger partial charge in [0.2, 0.25) is 0 Å². The topological polar surface area (TPSA) is 35.5 Å². The molecule has 2 fully saturated rings. The van der Waals surface area contributed by atoms with Crippen LogP contribution in [0.4, 0.5) is 0 Å². The standard InChI is InChI=1S/C9H14O3/c1-7-2-3-8(10)6-9(7)11-4-5-12-9/h7H,2-6H2,1H3/t7-/m1/s1. The van der Waals surface area contributed by atoms with E-state index in [2.05, 4.69) is 6.92 Å².